The molecule has 8 nitrogen and oxygen atoms in total. The SMILES string of the molecule is O=C(CN1C(=O)c2ccc([N+](=O)[O-])cc2C1=O)Nc1cc(Cl)ccc1Cl. The summed E-state index contributed by atoms with van der Waals surface area (Å²) < 4.78 is 0. The molecule has 26 heavy (non-hydrogen) atoms. The third-order valence-electron chi connectivity index (χ3n) is 3.67. The van der Waals surface area contributed by atoms with E-state index in [9.17, 15) is 24.5 Å². The van der Waals surface area contributed by atoms with Crippen molar-refractivity contribution in [3.8, 4) is 0 Å². The van der Waals surface area contributed by atoms with E-state index in [0.29, 0.717) is 9.92 Å². The predicted octanol–water partition coefficient (Wildman–Crippen LogP) is 3.14. The van der Waals surface area contributed by atoms with Crippen LogP contribution >= 0.6 is 23.2 Å². The van der Waals surface area contributed by atoms with Gasteiger partial charge in [0.15, 0.2) is 0 Å². The molecule has 0 atom stereocenters. The first-order valence-corrected chi connectivity index (χ1v) is 7.93. The van der Waals surface area contributed by atoms with Gasteiger partial charge in [-0.2, -0.15) is 0 Å². The van der Waals surface area contributed by atoms with E-state index in [0.717, 1.165) is 12.1 Å². The fourth-order valence-electron chi connectivity index (χ4n) is 2.46. The number of carbonyl (C=O) groups excluding carboxylic acids is 3. The molecule has 1 N–H and O–H groups in total. The Kier molecular flexibility index (Phi) is 4.62. The molecule has 0 aliphatic carbocycles. The van der Waals surface area contributed by atoms with Gasteiger partial charge in [-0.15, -0.1) is 0 Å². The van der Waals surface area contributed by atoms with Gasteiger partial charge in [-0.1, -0.05) is 23.2 Å². The van der Waals surface area contributed by atoms with Gasteiger partial charge in [-0.3, -0.25) is 29.4 Å². The van der Waals surface area contributed by atoms with Crippen molar-refractivity contribution >= 4 is 52.3 Å². The quantitative estimate of drug-likeness (QED) is 0.487. The van der Waals surface area contributed by atoms with Gasteiger partial charge in [0, 0.05) is 17.2 Å². The number of nitrogens with zero attached hydrogens (tertiary/aromatic N) is 2. The largest absolute Gasteiger partial charge is 0.323 e. The number of carbonyl (C=O) groups is 3. The van der Waals surface area contributed by atoms with Crippen molar-refractivity contribution in [3.05, 3.63) is 67.7 Å². The first kappa shape index (κ1) is 17.8. The standard InChI is InChI=1S/C16H9Cl2N3O5/c17-8-1-4-12(18)13(5-8)19-14(22)7-20-15(23)10-3-2-9(21(25)26)6-11(10)16(20)24/h1-6H,7H2,(H,19,22). The van der Waals surface area contributed by atoms with Crippen molar-refractivity contribution in [2.45, 2.75) is 0 Å². The van der Waals surface area contributed by atoms with Crippen molar-refractivity contribution < 1.29 is 19.3 Å². The maximum atomic E-state index is 12.3. The van der Waals surface area contributed by atoms with Gasteiger partial charge in [0.1, 0.15) is 6.54 Å². The van der Waals surface area contributed by atoms with Crippen LogP contribution in [0.4, 0.5) is 11.4 Å². The van der Waals surface area contributed by atoms with Crippen LogP contribution in [0.3, 0.4) is 0 Å². The zero-order chi connectivity index (χ0) is 19.0. The Hall–Kier alpha value is -2.97. The average Bonchev–Trinajstić information content (AvgIpc) is 2.82. The molecule has 0 saturated heterocycles. The smallest absolute Gasteiger partial charge is 0.270 e. The number of nitro groups is 1. The Bertz CT molecular complexity index is 976. The number of non-ortho nitro benzene ring substituents is 1. The summed E-state index contributed by atoms with van der Waals surface area (Å²) in [6.07, 6.45) is 0. The summed E-state index contributed by atoms with van der Waals surface area (Å²) in [5, 5.41) is 13.9. The van der Waals surface area contributed by atoms with Crippen molar-refractivity contribution in [1.82, 2.24) is 4.90 Å². The zero-order valence-corrected chi connectivity index (χ0v) is 14.4. The normalized spacial score (nSPS) is 12.9. The molecule has 1 aliphatic heterocycles. The summed E-state index contributed by atoms with van der Waals surface area (Å²) in [5.74, 6) is -2.15. The van der Waals surface area contributed by atoms with Gasteiger partial charge in [0.25, 0.3) is 17.5 Å². The summed E-state index contributed by atoms with van der Waals surface area (Å²) in [4.78, 5) is 47.7. The molecular weight excluding hydrogens is 385 g/mol. The second-order valence-corrected chi connectivity index (χ2v) is 6.20. The molecule has 1 heterocycles. The van der Waals surface area contributed by atoms with Crippen LogP contribution in [0.2, 0.25) is 10.0 Å². The molecule has 3 amide bonds. The molecule has 0 bridgehead atoms. The summed E-state index contributed by atoms with van der Waals surface area (Å²) in [5.41, 5.74) is -0.190. The van der Waals surface area contributed by atoms with Crippen LogP contribution in [0.25, 0.3) is 0 Å². The molecule has 2 aromatic rings. The summed E-state index contributed by atoms with van der Waals surface area (Å²) >= 11 is 11.8. The van der Waals surface area contributed by atoms with Gasteiger partial charge < -0.3 is 5.32 Å². The predicted molar refractivity (Wildman–Crippen MR) is 93.6 cm³/mol. The number of imide groups is 1. The Balaban J connectivity index is 1.79. The first-order valence-electron chi connectivity index (χ1n) is 7.17. The van der Waals surface area contributed by atoms with E-state index in [1.54, 1.807) is 0 Å². The van der Waals surface area contributed by atoms with Crippen molar-refractivity contribution in [1.29, 1.82) is 0 Å². The highest BCUT2D eigenvalue weighted by Crippen LogP contribution is 2.28. The van der Waals surface area contributed by atoms with Crippen LogP contribution in [0.15, 0.2) is 36.4 Å². The maximum absolute atomic E-state index is 12.3. The van der Waals surface area contributed by atoms with Gasteiger partial charge in [-0.05, 0) is 24.3 Å². The molecule has 0 unspecified atom stereocenters. The van der Waals surface area contributed by atoms with Gasteiger partial charge in [0.05, 0.1) is 26.8 Å². The van der Waals surface area contributed by atoms with E-state index < -0.39 is 29.2 Å². The third kappa shape index (κ3) is 3.24. The maximum Gasteiger partial charge on any atom is 0.270 e. The fourth-order valence-corrected chi connectivity index (χ4v) is 2.80. The fraction of sp³-hybridized carbons (Fsp3) is 0.0625. The van der Waals surface area contributed by atoms with Crippen LogP contribution < -0.4 is 5.32 Å². The number of rotatable bonds is 4. The van der Waals surface area contributed by atoms with Crippen molar-refractivity contribution in [3.63, 3.8) is 0 Å². The Labute approximate surface area is 156 Å². The van der Waals surface area contributed by atoms with Gasteiger partial charge in [0.2, 0.25) is 5.91 Å². The van der Waals surface area contributed by atoms with E-state index in [2.05, 4.69) is 5.32 Å². The molecule has 1 aliphatic rings. The number of hydrogen-bond acceptors (Lipinski definition) is 5. The lowest BCUT2D eigenvalue weighted by Gasteiger charge is -2.14. The van der Waals surface area contributed by atoms with E-state index in [1.807, 2.05) is 0 Å². The van der Waals surface area contributed by atoms with Crippen molar-refractivity contribution in [2.75, 3.05) is 11.9 Å². The molecule has 2 aromatic carbocycles. The Morgan fingerprint density at radius 1 is 1.08 bits per heavy atom. The molecular formula is C16H9Cl2N3O5. The third-order valence-corrected chi connectivity index (χ3v) is 4.23. The number of benzene rings is 2. The Morgan fingerprint density at radius 2 is 1.77 bits per heavy atom. The zero-order valence-electron chi connectivity index (χ0n) is 12.9. The van der Waals surface area contributed by atoms with Crippen LogP contribution in [0.1, 0.15) is 20.7 Å². The molecule has 0 spiro atoms. The van der Waals surface area contributed by atoms with E-state index >= 15 is 0 Å². The van der Waals surface area contributed by atoms with Crippen LogP contribution in [-0.2, 0) is 4.79 Å². The average molecular weight is 394 g/mol. The van der Waals surface area contributed by atoms with Gasteiger partial charge in [-0.25, -0.2) is 0 Å². The topological polar surface area (TPSA) is 110 Å². The minimum Gasteiger partial charge on any atom is -0.323 e. The number of anilines is 1. The summed E-state index contributed by atoms with van der Waals surface area (Å²) in [6, 6.07) is 7.78. The molecule has 0 radical (unpaired) electrons. The molecule has 0 aromatic heterocycles. The number of nitrogens with one attached hydrogen (secondary N) is 1. The lowest BCUT2D eigenvalue weighted by molar-refractivity contribution is -0.384. The molecule has 10 heteroatoms. The van der Waals surface area contributed by atoms with Crippen molar-refractivity contribution in [2.24, 2.45) is 0 Å². The van der Waals surface area contributed by atoms with E-state index in [4.69, 9.17) is 23.2 Å². The van der Waals surface area contributed by atoms with Gasteiger partial charge >= 0.3 is 0 Å². The minimum atomic E-state index is -0.777. The lowest BCUT2D eigenvalue weighted by Crippen LogP contribution is -2.37. The second kappa shape index (κ2) is 6.74. The van der Waals surface area contributed by atoms with Crippen LogP contribution in [-0.4, -0.2) is 34.1 Å². The van der Waals surface area contributed by atoms with E-state index in [-0.39, 0.29) is 27.5 Å². The van der Waals surface area contributed by atoms with Crippen LogP contribution in [0, 0.1) is 10.1 Å². The lowest BCUT2D eigenvalue weighted by atomic mass is 10.1. The summed E-state index contributed by atoms with van der Waals surface area (Å²) in [6.45, 7) is -0.566. The highest BCUT2D eigenvalue weighted by atomic mass is 35.5. The number of hydrogen-bond donors (Lipinski definition) is 1. The molecule has 0 fully saturated rings. The molecule has 132 valence electrons. The highest BCUT2D eigenvalue weighted by Gasteiger charge is 2.37. The van der Waals surface area contributed by atoms with E-state index in [1.165, 1.54) is 24.3 Å². The first-order chi connectivity index (χ1) is 12.3. The highest BCUT2D eigenvalue weighted by molar-refractivity contribution is 6.35. The number of fused-ring (bicyclic) bond motifs is 1. The molecule has 3 rings (SSSR count). The number of nitro benzene ring substituents is 1. The van der Waals surface area contributed by atoms with Crippen LogP contribution in [0.5, 0.6) is 0 Å². The monoisotopic (exact) mass is 393 g/mol. The number of amides is 3. The summed E-state index contributed by atoms with van der Waals surface area (Å²) in [7, 11) is 0. The molecule has 0 saturated carbocycles. The Morgan fingerprint density at radius 3 is 2.46 bits per heavy atom. The second-order valence-electron chi connectivity index (χ2n) is 5.36. The number of halogens is 2. The minimum absolute atomic E-state index is 0.00851.